The van der Waals surface area contributed by atoms with Crippen molar-refractivity contribution in [2.75, 3.05) is 19.0 Å². The second kappa shape index (κ2) is 8.27. The Labute approximate surface area is 156 Å². The molecule has 0 fully saturated rings. The average Bonchev–Trinajstić information content (AvgIpc) is 2.66. The van der Waals surface area contributed by atoms with E-state index in [2.05, 4.69) is 20.5 Å². The van der Waals surface area contributed by atoms with Crippen LogP contribution in [0.25, 0.3) is 11.0 Å². The van der Waals surface area contributed by atoms with Crippen LogP contribution in [-0.4, -0.2) is 36.2 Å². The molecule has 3 aromatic rings. The molecule has 0 bridgehead atoms. The van der Waals surface area contributed by atoms with Crippen molar-refractivity contribution in [2.24, 2.45) is 5.10 Å². The van der Waals surface area contributed by atoms with Crippen molar-refractivity contribution in [3.8, 4) is 0 Å². The van der Waals surface area contributed by atoms with Gasteiger partial charge in [-0.3, -0.25) is 9.59 Å². The van der Waals surface area contributed by atoms with Gasteiger partial charge in [0.05, 0.1) is 17.2 Å². The summed E-state index contributed by atoms with van der Waals surface area (Å²) in [7, 11) is 3.94. The highest BCUT2D eigenvalue weighted by Crippen LogP contribution is 2.11. The molecule has 1 heterocycles. The van der Waals surface area contributed by atoms with E-state index >= 15 is 0 Å². The number of hydrazone groups is 1. The van der Waals surface area contributed by atoms with Gasteiger partial charge in [-0.25, -0.2) is 10.4 Å². The van der Waals surface area contributed by atoms with Crippen LogP contribution in [0.5, 0.6) is 0 Å². The molecule has 0 spiro atoms. The normalized spacial score (nSPS) is 11.0. The van der Waals surface area contributed by atoms with E-state index in [0.29, 0.717) is 16.7 Å². The van der Waals surface area contributed by atoms with Gasteiger partial charge in [0.15, 0.2) is 0 Å². The molecule has 3 rings (SSSR count). The molecule has 1 aromatic heterocycles. The van der Waals surface area contributed by atoms with Crippen LogP contribution in [0.2, 0.25) is 0 Å². The minimum Gasteiger partial charge on any atom is -0.378 e. The molecule has 7 nitrogen and oxygen atoms in total. The number of nitrogens with zero attached hydrogens (tertiary/aromatic N) is 3. The van der Waals surface area contributed by atoms with E-state index in [1.54, 1.807) is 12.3 Å². The van der Waals surface area contributed by atoms with Crippen LogP contribution in [0.15, 0.2) is 58.4 Å². The van der Waals surface area contributed by atoms with Crippen LogP contribution in [0.1, 0.15) is 17.7 Å². The number of rotatable bonds is 6. The van der Waals surface area contributed by atoms with Gasteiger partial charge in [-0.15, -0.1) is 0 Å². The molecule has 0 saturated carbocycles. The second-order valence-corrected chi connectivity index (χ2v) is 6.31. The number of fused-ring (bicyclic) bond motifs is 1. The number of nitrogens with one attached hydrogen (secondary N) is 2. The minimum atomic E-state index is -0.273. The Morgan fingerprint density at radius 1 is 1.19 bits per heavy atom. The molecule has 0 aliphatic carbocycles. The number of hydrogen-bond donors (Lipinski definition) is 2. The van der Waals surface area contributed by atoms with Crippen LogP contribution < -0.4 is 15.9 Å². The number of carbonyl (C=O) groups excluding carboxylic acids is 1. The van der Waals surface area contributed by atoms with Crippen LogP contribution in [0.4, 0.5) is 5.69 Å². The van der Waals surface area contributed by atoms with Gasteiger partial charge in [-0.05, 0) is 29.8 Å². The number of aromatic nitrogens is 2. The van der Waals surface area contributed by atoms with Gasteiger partial charge in [0.25, 0.3) is 5.56 Å². The molecule has 138 valence electrons. The van der Waals surface area contributed by atoms with Gasteiger partial charge in [0.2, 0.25) is 5.91 Å². The van der Waals surface area contributed by atoms with E-state index in [-0.39, 0.29) is 24.3 Å². The Morgan fingerprint density at radius 3 is 2.67 bits per heavy atom. The molecule has 0 aliphatic rings. The molecular weight excluding hydrogens is 342 g/mol. The maximum absolute atomic E-state index is 12.0. The van der Waals surface area contributed by atoms with E-state index in [4.69, 9.17) is 0 Å². The Bertz CT molecular complexity index is 1020. The maximum atomic E-state index is 12.0. The first-order valence-corrected chi connectivity index (χ1v) is 8.60. The zero-order chi connectivity index (χ0) is 19.2. The largest absolute Gasteiger partial charge is 0.378 e. The average molecular weight is 363 g/mol. The molecule has 0 unspecified atom stereocenters. The number of benzene rings is 2. The van der Waals surface area contributed by atoms with Gasteiger partial charge in [-0.1, -0.05) is 24.3 Å². The number of aromatic amines is 1. The monoisotopic (exact) mass is 363 g/mol. The van der Waals surface area contributed by atoms with Crippen LogP contribution >= 0.6 is 0 Å². The minimum absolute atomic E-state index is 0.130. The van der Waals surface area contributed by atoms with Crippen LogP contribution in [0, 0.1) is 0 Å². The summed E-state index contributed by atoms with van der Waals surface area (Å²) in [6.07, 6.45) is 1.96. The van der Waals surface area contributed by atoms with Crippen molar-refractivity contribution in [2.45, 2.75) is 12.8 Å². The number of carbonyl (C=O) groups is 1. The van der Waals surface area contributed by atoms with Gasteiger partial charge in [0, 0.05) is 32.6 Å². The first kappa shape index (κ1) is 18.3. The summed E-state index contributed by atoms with van der Waals surface area (Å²) in [5.74, 6) is -0.273. The first-order valence-electron chi connectivity index (χ1n) is 8.60. The zero-order valence-electron chi connectivity index (χ0n) is 15.3. The number of H-pyrrole nitrogens is 1. The molecule has 0 atom stereocenters. The van der Waals surface area contributed by atoms with Crippen LogP contribution in [-0.2, 0) is 11.2 Å². The molecule has 2 aromatic carbocycles. The fourth-order valence-corrected chi connectivity index (χ4v) is 2.56. The summed E-state index contributed by atoms with van der Waals surface area (Å²) in [6.45, 7) is 0. The number of hydrogen-bond acceptors (Lipinski definition) is 5. The quantitative estimate of drug-likeness (QED) is 0.518. The molecular formula is C20H21N5O2. The standard InChI is InChI=1S/C20H21N5O2/c1-25(2)15-9-7-14(8-10-15)13-21-24-19(26)12-11-18-20(27)23-17-6-4-3-5-16(17)22-18/h3-10,13H,11-12H2,1-2H3,(H,23,27)(H,24,26)/b21-13-. The highest BCUT2D eigenvalue weighted by Gasteiger charge is 2.07. The summed E-state index contributed by atoms with van der Waals surface area (Å²) in [6, 6.07) is 15.1. The summed E-state index contributed by atoms with van der Waals surface area (Å²) >= 11 is 0. The lowest BCUT2D eigenvalue weighted by atomic mass is 10.2. The number of para-hydroxylation sites is 2. The highest BCUT2D eigenvalue weighted by atomic mass is 16.2. The predicted molar refractivity (Wildman–Crippen MR) is 107 cm³/mol. The van der Waals surface area contributed by atoms with Crippen molar-refractivity contribution >= 4 is 28.8 Å². The van der Waals surface area contributed by atoms with Crippen molar-refractivity contribution in [3.05, 3.63) is 70.1 Å². The maximum Gasteiger partial charge on any atom is 0.270 e. The van der Waals surface area contributed by atoms with E-state index in [0.717, 1.165) is 11.3 Å². The third kappa shape index (κ3) is 4.78. The lowest BCUT2D eigenvalue weighted by Crippen LogP contribution is -2.21. The third-order valence-electron chi connectivity index (χ3n) is 4.07. The molecule has 0 aliphatic heterocycles. The van der Waals surface area contributed by atoms with Crippen LogP contribution in [0.3, 0.4) is 0 Å². The molecule has 2 N–H and O–H groups in total. The number of aryl methyl sites for hydroxylation is 1. The molecule has 27 heavy (non-hydrogen) atoms. The third-order valence-corrected chi connectivity index (χ3v) is 4.07. The zero-order valence-corrected chi connectivity index (χ0v) is 15.3. The van der Waals surface area contributed by atoms with Crippen molar-refractivity contribution in [1.82, 2.24) is 15.4 Å². The summed E-state index contributed by atoms with van der Waals surface area (Å²) < 4.78 is 0. The summed E-state index contributed by atoms with van der Waals surface area (Å²) in [5.41, 5.74) is 5.90. The van der Waals surface area contributed by atoms with Crippen molar-refractivity contribution < 1.29 is 4.79 Å². The Hall–Kier alpha value is -3.48. The number of amides is 1. The Morgan fingerprint density at radius 2 is 1.93 bits per heavy atom. The van der Waals surface area contributed by atoms with E-state index < -0.39 is 0 Å². The second-order valence-electron chi connectivity index (χ2n) is 6.31. The lowest BCUT2D eigenvalue weighted by Gasteiger charge is -2.11. The predicted octanol–water partition coefficient (Wildman–Crippen LogP) is 2.07. The van der Waals surface area contributed by atoms with Gasteiger partial charge >= 0.3 is 0 Å². The fraction of sp³-hybridized carbons (Fsp3) is 0.200. The Balaban J connectivity index is 1.55. The molecule has 1 amide bonds. The fourth-order valence-electron chi connectivity index (χ4n) is 2.56. The Kier molecular flexibility index (Phi) is 5.61. The SMILES string of the molecule is CN(C)c1ccc(/C=N\NC(=O)CCc2nc3ccccc3[nH]c2=O)cc1. The molecule has 0 radical (unpaired) electrons. The first-order chi connectivity index (χ1) is 13.0. The number of anilines is 1. The topological polar surface area (TPSA) is 90.4 Å². The van der Waals surface area contributed by atoms with Crippen molar-refractivity contribution in [3.63, 3.8) is 0 Å². The van der Waals surface area contributed by atoms with Crippen molar-refractivity contribution in [1.29, 1.82) is 0 Å². The smallest absolute Gasteiger partial charge is 0.270 e. The van der Waals surface area contributed by atoms with E-state index in [1.807, 2.05) is 61.5 Å². The summed E-state index contributed by atoms with van der Waals surface area (Å²) in [5, 5.41) is 3.96. The van der Waals surface area contributed by atoms with E-state index in [9.17, 15) is 9.59 Å². The van der Waals surface area contributed by atoms with Gasteiger partial charge < -0.3 is 9.88 Å². The summed E-state index contributed by atoms with van der Waals surface area (Å²) in [4.78, 5) is 33.1. The highest BCUT2D eigenvalue weighted by molar-refractivity contribution is 5.83. The van der Waals surface area contributed by atoms with E-state index in [1.165, 1.54) is 0 Å². The van der Waals surface area contributed by atoms with Gasteiger partial charge in [-0.2, -0.15) is 5.10 Å². The van der Waals surface area contributed by atoms with Gasteiger partial charge in [0.1, 0.15) is 5.69 Å². The molecule has 7 heteroatoms. The molecule has 0 saturated heterocycles. The lowest BCUT2D eigenvalue weighted by molar-refractivity contribution is -0.121.